The van der Waals surface area contributed by atoms with Gasteiger partial charge in [0.15, 0.2) is 0 Å². The van der Waals surface area contributed by atoms with E-state index in [1.54, 1.807) is 6.26 Å². The molecule has 0 saturated heterocycles. The van der Waals surface area contributed by atoms with Crippen LogP contribution in [0.1, 0.15) is 33.6 Å². The summed E-state index contributed by atoms with van der Waals surface area (Å²) in [4.78, 5) is 0. The molecule has 0 saturated carbocycles. The highest BCUT2D eigenvalue weighted by Crippen LogP contribution is 2.23. The Morgan fingerprint density at radius 1 is 1.64 bits per heavy atom. The molecule has 1 unspecified atom stereocenters. The Bertz CT molecular complexity index is 209. The Morgan fingerprint density at radius 2 is 2.36 bits per heavy atom. The normalized spacial score (nSPS) is 21.4. The van der Waals surface area contributed by atoms with Gasteiger partial charge >= 0.3 is 0 Å². The molecule has 1 atom stereocenters. The molecule has 0 bridgehead atoms. The fourth-order valence-corrected chi connectivity index (χ4v) is 1.48. The lowest BCUT2D eigenvalue weighted by Gasteiger charge is -2.29. The summed E-state index contributed by atoms with van der Waals surface area (Å²) in [6.07, 6.45) is 3.65. The highest BCUT2D eigenvalue weighted by molar-refractivity contribution is 5.15. The molecule has 0 aromatic heterocycles. The molecule has 0 aliphatic carbocycles. The monoisotopic (exact) mass is 199 g/mol. The van der Waals surface area contributed by atoms with Gasteiger partial charge in [-0.05, 0) is 25.3 Å². The van der Waals surface area contributed by atoms with E-state index in [-0.39, 0.29) is 0 Å². The van der Waals surface area contributed by atoms with Gasteiger partial charge < -0.3 is 15.2 Å². The summed E-state index contributed by atoms with van der Waals surface area (Å²) in [5.41, 5.74) is 0.224. The number of ether oxygens (including phenoxy) is 1. The van der Waals surface area contributed by atoms with Gasteiger partial charge in [-0.15, -0.1) is 0 Å². The minimum atomic E-state index is -0.773. The zero-order chi connectivity index (χ0) is 10.6. The predicted molar refractivity (Wildman–Crippen MR) is 57.0 cm³/mol. The maximum atomic E-state index is 10.2. The van der Waals surface area contributed by atoms with Crippen LogP contribution < -0.4 is 5.32 Å². The van der Waals surface area contributed by atoms with E-state index in [0.29, 0.717) is 12.6 Å². The standard InChI is InChI=1S/C11H21NO2/c1-9(2)12-8-11(3,13)10-5-4-6-14-7-10/h7,9,12-13H,4-6,8H2,1-3H3. The van der Waals surface area contributed by atoms with Crippen LogP contribution in [0.5, 0.6) is 0 Å². The van der Waals surface area contributed by atoms with Crippen LogP contribution in [0.2, 0.25) is 0 Å². The van der Waals surface area contributed by atoms with Crippen molar-refractivity contribution in [1.29, 1.82) is 0 Å². The molecule has 0 aromatic rings. The smallest absolute Gasteiger partial charge is 0.0984 e. The topological polar surface area (TPSA) is 41.5 Å². The third-order valence-corrected chi connectivity index (χ3v) is 2.48. The molecule has 82 valence electrons. The summed E-state index contributed by atoms with van der Waals surface area (Å²) >= 11 is 0. The number of hydrogen-bond donors (Lipinski definition) is 2. The lowest BCUT2D eigenvalue weighted by atomic mass is 9.92. The SMILES string of the molecule is CC(C)NCC(C)(O)C1=COCCC1. The molecule has 1 aliphatic heterocycles. The van der Waals surface area contributed by atoms with E-state index in [0.717, 1.165) is 25.0 Å². The van der Waals surface area contributed by atoms with Crippen molar-refractivity contribution in [3.05, 3.63) is 11.8 Å². The Morgan fingerprint density at radius 3 is 2.86 bits per heavy atom. The van der Waals surface area contributed by atoms with Crippen LogP contribution in [-0.4, -0.2) is 29.9 Å². The van der Waals surface area contributed by atoms with Gasteiger partial charge in [0.1, 0.15) is 0 Å². The van der Waals surface area contributed by atoms with Crippen molar-refractivity contribution >= 4 is 0 Å². The fourth-order valence-electron chi connectivity index (χ4n) is 1.48. The van der Waals surface area contributed by atoms with Crippen molar-refractivity contribution in [2.24, 2.45) is 0 Å². The molecular weight excluding hydrogens is 178 g/mol. The van der Waals surface area contributed by atoms with Gasteiger partial charge in [0.25, 0.3) is 0 Å². The van der Waals surface area contributed by atoms with Crippen LogP contribution in [0.3, 0.4) is 0 Å². The quantitative estimate of drug-likeness (QED) is 0.719. The molecule has 14 heavy (non-hydrogen) atoms. The van der Waals surface area contributed by atoms with Gasteiger partial charge in [-0.3, -0.25) is 0 Å². The first-order valence-electron chi connectivity index (χ1n) is 5.29. The summed E-state index contributed by atoms with van der Waals surface area (Å²) in [7, 11) is 0. The molecule has 0 spiro atoms. The molecule has 1 rings (SSSR count). The second-order valence-electron chi connectivity index (χ2n) is 4.43. The third kappa shape index (κ3) is 3.31. The third-order valence-electron chi connectivity index (χ3n) is 2.48. The van der Waals surface area contributed by atoms with E-state index in [2.05, 4.69) is 19.2 Å². The summed E-state index contributed by atoms with van der Waals surface area (Å²) in [6, 6.07) is 0.395. The number of hydrogen-bond acceptors (Lipinski definition) is 3. The van der Waals surface area contributed by atoms with Crippen LogP contribution in [0.15, 0.2) is 11.8 Å². The lowest BCUT2D eigenvalue weighted by Crippen LogP contribution is -2.42. The van der Waals surface area contributed by atoms with Gasteiger partial charge in [0.05, 0.1) is 18.5 Å². The largest absolute Gasteiger partial charge is 0.501 e. The van der Waals surface area contributed by atoms with Gasteiger partial charge in [0.2, 0.25) is 0 Å². The molecule has 0 fully saturated rings. The molecule has 0 aromatic carbocycles. The lowest BCUT2D eigenvalue weighted by molar-refractivity contribution is 0.0777. The second-order valence-corrected chi connectivity index (χ2v) is 4.43. The summed E-state index contributed by atoms with van der Waals surface area (Å²) < 4.78 is 5.23. The van der Waals surface area contributed by atoms with Crippen molar-refractivity contribution in [2.45, 2.75) is 45.3 Å². The second kappa shape index (κ2) is 4.80. The van der Waals surface area contributed by atoms with Crippen molar-refractivity contribution in [2.75, 3.05) is 13.2 Å². The maximum Gasteiger partial charge on any atom is 0.0984 e. The fraction of sp³-hybridized carbons (Fsp3) is 0.818. The van der Waals surface area contributed by atoms with Crippen molar-refractivity contribution in [3.8, 4) is 0 Å². The Kier molecular flexibility index (Phi) is 3.96. The molecule has 2 N–H and O–H groups in total. The first-order valence-corrected chi connectivity index (χ1v) is 5.29. The van der Waals surface area contributed by atoms with Gasteiger partial charge in [-0.2, -0.15) is 0 Å². The molecular formula is C11H21NO2. The van der Waals surface area contributed by atoms with E-state index < -0.39 is 5.60 Å². The summed E-state index contributed by atoms with van der Waals surface area (Å²) in [5.74, 6) is 0. The number of nitrogens with one attached hydrogen (secondary N) is 1. The Labute approximate surface area is 86.2 Å². The van der Waals surface area contributed by atoms with Gasteiger partial charge in [-0.25, -0.2) is 0 Å². The van der Waals surface area contributed by atoms with Crippen LogP contribution in [0.4, 0.5) is 0 Å². The average Bonchev–Trinajstić information content (AvgIpc) is 2.16. The zero-order valence-corrected chi connectivity index (χ0v) is 9.34. The molecule has 3 heteroatoms. The Balaban J connectivity index is 2.50. The molecule has 0 radical (unpaired) electrons. The number of aliphatic hydroxyl groups is 1. The van der Waals surface area contributed by atoms with Crippen LogP contribution >= 0.6 is 0 Å². The zero-order valence-electron chi connectivity index (χ0n) is 9.34. The summed E-state index contributed by atoms with van der Waals surface area (Å²) in [6.45, 7) is 7.34. The van der Waals surface area contributed by atoms with Gasteiger partial charge in [0, 0.05) is 12.6 Å². The minimum absolute atomic E-state index is 0.395. The van der Waals surface area contributed by atoms with E-state index in [1.165, 1.54) is 0 Å². The molecule has 0 amide bonds. The van der Waals surface area contributed by atoms with Crippen molar-refractivity contribution in [1.82, 2.24) is 5.32 Å². The van der Waals surface area contributed by atoms with Gasteiger partial charge in [-0.1, -0.05) is 13.8 Å². The highest BCUT2D eigenvalue weighted by Gasteiger charge is 2.27. The van der Waals surface area contributed by atoms with Crippen LogP contribution in [-0.2, 0) is 4.74 Å². The molecule has 1 heterocycles. The van der Waals surface area contributed by atoms with Crippen molar-refractivity contribution < 1.29 is 9.84 Å². The first kappa shape index (κ1) is 11.5. The molecule has 1 aliphatic rings. The summed E-state index contributed by atoms with van der Waals surface area (Å²) in [5, 5.41) is 13.4. The average molecular weight is 199 g/mol. The van der Waals surface area contributed by atoms with Crippen LogP contribution in [0, 0.1) is 0 Å². The van der Waals surface area contributed by atoms with Crippen LogP contribution in [0.25, 0.3) is 0 Å². The van der Waals surface area contributed by atoms with E-state index >= 15 is 0 Å². The first-order chi connectivity index (χ1) is 6.52. The van der Waals surface area contributed by atoms with E-state index in [4.69, 9.17) is 4.74 Å². The molecule has 3 nitrogen and oxygen atoms in total. The predicted octanol–water partition coefficient (Wildman–Crippen LogP) is 1.43. The highest BCUT2D eigenvalue weighted by atomic mass is 16.5. The van der Waals surface area contributed by atoms with E-state index in [1.807, 2.05) is 6.92 Å². The maximum absolute atomic E-state index is 10.2. The van der Waals surface area contributed by atoms with Crippen molar-refractivity contribution in [3.63, 3.8) is 0 Å². The van der Waals surface area contributed by atoms with E-state index in [9.17, 15) is 5.11 Å². The Hall–Kier alpha value is -0.540. The minimum Gasteiger partial charge on any atom is -0.501 e. The number of rotatable bonds is 4.